The van der Waals surface area contributed by atoms with E-state index in [9.17, 15) is 13.2 Å². The van der Waals surface area contributed by atoms with Gasteiger partial charge in [-0.15, -0.1) is 0 Å². The molecule has 0 amide bonds. The number of benzene rings is 1. The molecule has 0 atom stereocenters. The highest BCUT2D eigenvalue weighted by atomic mass is 79.9. The fourth-order valence-electron chi connectivity index (χ4n) is 1.40. The Balaban J connectivity index is 2.38. The Kier molecular flexibility index (Phi) is 3.68. The van der Waals surface area contributed by atoms with Crippen molar-refractivity contribution in [2.45, 2.75) is 11.5 Å². The van der Waals surface area contributed by atoms with Crippen molar-refractivity contribution in [2.75, 3.05) is 0 Å². The largest absolute Gasteiger partial charge is 0.419 e. The molecule has 0 aliphatic rings. The summed E-state index contributed by atoms with van der Waals surface area (Å²) in [5.74, 6) is 0. The van der Waals surface area contributed by atoms with Crippen molar-refractivity contribution < 1.29 is 13.2 Å². The number of hydrogen-bond donors (Lipinski definition) is 0. The summed E-state index contributed by atoms with van der Waals surface area (Å²) in [6.07, 6.45) is -2.68. The molecule has 2 rings (SSSR count). The minimum Gasteiger partial charge on any atom is -0.240 e. The van der Waals surface area contributed by atoms with Gasteiger partial charge in [0.25, 0.3) is 0 Å². The number of aromatic nitrogens is 2. The standard InChI is InChI=1S/C11H7BrClF3N2/c12-4-7-1-2-9(3-10(7)13)18-6-8(5-17-18)11(14,15)16/h1-3,5-6H,4H2. The van der Waals surface area contributed by atoms with E-state index in [2.05, 4.69) is 21.0 Å². The van der Waals surface area contributed by atoms with E-state index in [1.54, 1.807) is 18.2 Å². The first kappa shape index (κ1) is 13.4. The molecular formula is C11H7BrClF3N2. The lowest BCUT2D eigenvalue weighted by molar-refractivity contribution is -0.137. The third-order valence-corrected chi connectivity index (χ3v) is 3.31. The topological polar surface area (TPSA) is 17.8 Å². The van der Waals surface area contributed by atoms with Crippen molar-refractivity contribution in [3.05, 3.63) is 46.7 Å². The van der Waals surface area contributed by atoms with Crippen LogP contribution in [0, 0.1) is 0 Å². The number of alkyl halides is 4. The molecule has 1 aromatic carbocycles. The first-order chi connectivity index (χ1) is 8.41. The van der Waals surface area contributed by atoms with E-state index < -0.39 is 11.7 Å². The van der Waals surface area contributed by atoms with Crippen LogP contribution in [0.25, 0.3) is 5.69 Å². The predicted molar refractivity (Wildman–Crippen MR) is 66.2 cm³/mol. The molecule has 0 spiro atoms. The number of hydrogen-bond acceptors (Lipinski definition) is 1. The van der Waals surface area contributed by atoms with E-state index in [4.69, 9.17) is 11.6 Å². The maximum atomic E-state index is 12.4. The lowest BCUT2D eigenvalue weighted by Gasteiger charge is -2.05. The van der Waals surface area contributed by atoms with Gasteiger partial charge in [0.05, 0.1) is 17.4 Å². The second kappa shape index (κ2) is 4.93. The molecule has 0 aliphatic heterocycles. The molecule has 0 saturated carbocycles. The Morgan fingerprint density at radius 2 is 2.06 bits per heavy atom. The van der Waals surface area contributed by atoms with Crippen LogP contribution in [0.5, 0.6) is 0 Å². The zero-order chi connectivity index (χ0) is 13.3. The fraction of sp³-hybridized carbons (Fsp3) is 0.182. The van der Waals surface area contributed by atoms with E-state index in [0.717, 1.165) is 22.6 Å². The van der Waals surface area contributed by atoms with E-state index >= 15 is 0 Å². The van der Waals surface area contributed by atoms with Crippen LogP contribution in [0.3, 0.4) is 0 Å². The highest BCUT2D eigenvalue weighted by Crippen LogP contribution is 2.29. The number of rotatable bonds is 2. The quantitative estimate of drug-likeness (QED) is 0.740. The van der Waals surface area contributed by atoms with Crippen LogP contribution in [-0.2, 0) is 11.5 Å². The zero-order valence-electron chi connectivity index (χ0n) is 8.88. The molecule has 0 saturated heterocycles. The molecule has 18 heavy (non-hydrogen) atoms. The Hall–Kier alpha value is -1.01. The SMILES string of the molecule is FC(F)(F)c1cnn(-c2ccc(CBr)c(Cl)c2)c1. The highest BCUT2D eigenvalue weighted by Gasteiger charge is 2.32. The summed E-state index contributed by atoms with van der Waals surface area (Å²) in [6.45, 7) is 0. The average molecular weight is 340 g/mol. The summed E-state index contributed by atoms with van der Waals surface area (Å²) in [6, 6.07) is 4.97. The summed E-state index contributed by atoms with van der Waals surface area (Å²) >= 11 is 9.25. The second-order valence-corrected chi connectivity index (χ2v) is 4.55. The van der Waals surface area contributed by atoms with Gasteiger partial charge in [-0.2, -0.15) is 18.3 Å². The van der Waals surface area contributed by atoms with Crippen LogP contribution in [-0.4, -0.2) is 9.78 Å². The molecule has 2 aromatic rings. The summed E-state index contributed by atoms with van der Waals surface area (Å²) in [7, 11) is 0. The molecule has 0 aliphatic carbocycles. The lowest BCUT2D eigenvalue weighted by atomic mass is 10.2. The third-order valence-electron chi connectivity index (χ3n) is 2.36. The van der Waals surface area contributed by atoms with Crippen LogP contribution in [0.15, 0.2) is 30.6 Å². The van der Waals surface area contributed by atoms with Gasteiger partial charge in [0.1, 0.15) is 0 Å². The first-order valence-electron chi connectivity index (χ1n) is 4.88. The third kappa shape index (κ3) is 2.70. The van der Waals surface area contributed by atoms with Gasteiger partial charge in [-0.25, -0.2) is 4.68 Å². The van der Waals surface area contributed by atoms with Crippen molar-refractivity contribution in [2.24, 2.45) is 0 Å². The molecule has 1 aromatic heterocycles. The summed E-state index contributed by atoms with van der Waals surface area (Å²) in [4.78, 5) is 0. The predicted octanol–water partition coefficient (Wildman–Crippen LogP) is 4.44. The highest BCUT2D eigenvalue weighted by molar-refractivity contribution is 9.08. The molecule has 96 valence electrons. The molecule has 0 N–H and O–H groups in total. The first-order valence-corrected chi connectivity index (χ1v) is 6.38. The van der Waals surface area contributed by atoms with E-state index in [-0.39, 0.29) is 0 Å². The monoisotopic (exact) mass is 338 g/mol. The lowest BCUT2D eigenvalue weighted by Crippen LogP contribution is -2.03. The van der Waals surface area contributed by atoms with Crippen LogP contribution in [0.1, 0.15) is 11.1 Å². The van der Waals surface area contributed by atoms with Gasteiger partial charge < -0.3 is 0 Å². The molecule has 2 nitrogen and oxygen atoms in total. The van der Waals surface area contributed by atoms with Gasteiger partial charge >= 0.3 is 6.18 Å². The normalized spacial score (nSPS) is 11.8. The zero-order valence-corrected chi connectivity index (χ0v) is 11.2. The van der Waals surface area contributed by atoms with Gasteiger partial charge in [0.2, 0.25) is 0 Å². The molecule has 0 bridgehead atoms. The van der Waals surface area contributed by atoms with Crippen molar-refractivity contribution in [1.29, 1.82) is 0 Å². The molecule has 7 heteroatoms. The van der Waals surface area contributed by atoms with Crippen LogP contribution in [0.2, 0.25) is 5.02 Å². The van der Waals surface area contributed by atoms with Gasteiger partial charge in [-0.1, -0.05) is 33.6 Å². The molecule has 1 heterocycles. The summed E-state index contributed by atoms with van der Waals surface area (Å²) < 4.78 is 38.4. The summed E-state index contributed by atoms with van der Waals surface area (Å²) in [5.41, 5.74) is 0.562. The maximum Gasteiger partial charge on any atom is 0.419 e. The van der Waals surface area contributed by atoms with Crippen molar-refractivity contribution in [1.82, 2.24) is 9.78 Å². The van der Waals surface area contributed by atoms with Crippen LogP contribution >= 0.6 is 27.5 Å². The van der Waals surface area contributed by atoms with Crippen LogP contribution in [0.4, 0.5) is 13.2 Å². The average Bonchev–Trinajstić information content (AvgIpc) is 2.77. The van der Waals surface area contributed by atoms with Gasteiger partial charge in [-0.05, 0) is 17.7 Å². The van der Waals surface area contributed by atoms with E-state index in [1.165, 1.54) is 0 Å². The van der Waals surface area contributed by atoms with Gasteiger partial charge in [-0.3, -0.25) is 0 Å². The molecule has 0 fully saturated rings. The van der Waals surface area contributed by atoms with Crippen molar-refractivity contribution in [3.63, 3.8) is 0 Å². The summed E-state index contributed by atoms with van der Waals surface area (Å²) in [5, 5.41) is 4.74. The Morgan fingerprint density at radius 3 is 2.56 bits per heavy atom. The number of nitrogens with zero attached hydrogens (tertiary/aromatic N) is 2. The Labute approximate surface area is 114 Å². The van der Waals surface area contributed by atoms with Crippen LogP contribution < -0.4 is 0 Å². The minimum atomic E-state index is -4.39. The molecule has 0 unspecified atom stereocenters. The fourth-order valence-corrected chi connectivity index (χ4v) is 2.29. The van der Waals surface area contributed by atoms with E-state index in [0.29, 0.717) is 16.0 Å². The van der Waals surface area contributed by atoms with E-state index in [1.807, 2.05) is 0 Å². The van der Waals surface area contributed by atoms with Crippen molar-refractivity contribution in [3.8, 4) is 5.69 Å². The molecular weight excluding hydrogens is 332 g/mol. The van der Waals surface area contributed by atoms with Gasteiger partial charge in [0.15, 0.2) is 0 Å². The Morgan fingerprint density at radius 1 is 1.33 bits per heavy atom. The minimum absolute atomic E-state index is 0.480. The van der Waals surface area contributed by atoms with Gasteiger partial charge in [0, 0.05) is 16.5 Å². The maximum absolute atomic E-state index is 12.4. The number of halogens is 5. The Bertz CT molecular complexity index is 566. The van der Waals surface area contributed by atoms with Crippen molar-refractivity contribution >= 4 is 27.5 Å². The second-order valence-electron chi connectivity index (χ2n) is 3.58. The molecule has 0 radical (unpaired) electrons. The smallest absolute Gasteiger partial charge is 0.240 e.